The molecule has 0 N–H and O–H groups in total. The lowest BCUT2D eigenvalue weighted by atomic mass is 10.0. The van der Waals surface area contributed by atoms with Crippen molar-refractivity contribution < 1.29 is 38.0 Å². The zero-order valence-corrected chi connectivity index (χ0v) is 40.5. The monoisotopic (exact) mass is 913 g/mol. The van der Waals surface area contributed by atoms with Gasteiger partial charge in [-0.3, -0.25) is 9.59 Å². The fourth-order valence-corrected chi connectivity index (χ4v) is 8.09. The number of halogens is 1. The zero-order valence-electron chi connectivity index (χ0n) is 38.9. The van der Waals surface area contributed by atoms with E-state index in [1.54, 1.807) is 0 Å². The highest BCUT2D eigenvalue weighted by Gasteiger charge is 2.23. The maximum Gasteiger partial charge on any atom is 0.306 e. The molecule has 4 unspecified atom stereocenters. The Morgan fingerprint density at radius 1 is 0.492 bits per heavy atom. The number of fused-ring (bicyclic) bond motifs is 2. The van der Waals surface area contributed by atoms with Crippen molar-refractivity contribution in [1.82, 2.24) is 0 Å². The van der Waals surface area contributed by atoms with Crippen molar-refractivity contribution in [2.75, 3.05) is 39.6 Å². The molecule has 0 amide bonds. The largest absolute Gasteiger partial charge is 0.488 e. The number of hydrogen-bond acceptors (Lipinski definition) is 8. The van der Waals surface area contributed by atoms with Crippen LogP contribution >= 0.6 is 15.9 Å². The van der Waals surface area contributed by atoms with E-state index >= 15 is 0 Å². The molecule has 8 nitrogen and oxygen atoms in total. The third-order valence-corrected chi connectivity index (χ3v) is 12.2. The minimum atomic E-state index is -0.569. The Morgan fingerprint density at radius 2 is 0.918 bits per heavy atom. The van der Waals surface area contributed by atoms with Gasteiger partial charge in [0.2, 0.25) is 0 Å². The van der Waals surface area contributed by atoms with Crippen molar-refractivity contribution in [2.45, 2.75) is 182 Å². The molecule has 344 valence electrons. The van der Waals surface area contributed by atoms with Crippen LogP contribution in [0.5, 0.6) is 11.5 Å². The number of unbranched alkanes of at least 4 members (excludes halogenated alkanes) is 10. The SMILES string of the molecule is CCCCCCCC(=O)OC(COCC(CC)CCCC)COc1c2ccccc2c(OCC(COCC(CC)CCCC)OC(=O)CCCCCCC)c2cc(Br)ccc12. The molecule has 0 spiro atoms. The first-order chi connectivity index (χ1) is 29.8. The summed E-state index contributed by atoms with van der Waals surface area (Å²) in [6, 6.07) is 14.1. The maximum absolute atomic E-state index is 13.1. The van der Waals surface area contributed by atoms with Crippen LogP contribution in [-0.2, 0) is 28.5 Å². The Morgan fingerprint density at radius 3 is 1.36 bits per heavy atom. The molecule has 9 heteroatoms. The molecule has 3 rings (SSSR count). The third kappa shape index (κ3) is 20.0. The summed E-state index contributed by atoms with van der Waals surface area (Å²) >= 11 is 3.71. The van der Waals surface area contributed by atoms with Crippen LogP contribution in [0.15, 0.2) is 46.9 Å². The zero-order chi connectivity index (χ0) is 44.1. The van der Waals surface area contributed by atoms with Gasteiger partial charge in [-0.2, -0.15) is 0 Å². The molecule has 3 aromatic carbocycles. The number of carbonyl (C=O) groups excluding carboxylic acids is 2. The van der Waals surface area contributed by atoms with E-state index in [4.69, 9.17) is 28.4 Å². The van der Waals surface area contributed by atoms with E-state index in [1.165, 1.54) is 25.7 Å². The molecule has 0 aliphatic heterocycles. The van der Waals surface area contributed by atoms with E-state index < -0.39 is 12.2 Å². The second-order valence-corrected chi connectivity index (χ2v) is 17.9. The Balaban J connectivity index is 1.88. The van der Waals surface area contributed by atoms with Gasteiger partial charge in [0.15, 0.2) is 12.2 Å². The summed E-state index contributed by atoms with van der Waals surface area (Å²) in [6.45, 7) is 15.3. The molecular formula is C52H81BrO8. The average Bonchev–Trinajstić information content (AvgIpc) is 3.26. The fourth-order valence-electron chi connectivity index (χ4n) is 7.73. The summed E-state index contributed by atoms with van der Waals surface area (Å²) in [5.41, 5.74) is 0. The normalized spacial score (nSPS) is 13.6. The second-order valence-electron chi connectivity index (χ2n) is 17.0. The van der Waals surface area contributed by atoms with Crippen LogP contribution in [0.25, 0.3) is 21.5 Å². The molecule has 0 saturated carbocycles. The summed E-state index contributed by atoms with van der Waals surface area (Å²) < 4.78 is 39.0. The van der Waals surface area contributed by atoms with E-state index in [2.05, 4.69) is 57.5 Å². The molecule has 0 fully saturated rings. The van der Waals surface area contributed by atoms with Crippen molar-refractivity contribution in [3.63, 3.8) is 0 Å². The Labute approximate surface area is 378 Å². The first kappa shape index (κ1) is 52.5. The number of esters is 2. The van der Waals surface area contributed by atoms with Gasteiger partial charge < -0.3 is 28.4 Å². The van der Waals surface area contributed by atoms with E-state index in [0.29, 0.717) is 49.4 Å². The average molecular weight is 914 g/mol. The smallest absolute Gasteiger partial charge is 0.306 e. The summed E-state index contributed by atoms with van der Waals surface area (Å²) in [4.78, 5) is 26.3. The van der Waals surface area contributed by atoms with Crippen LogP contribution in [0.4, 0.5) is 0 Å². The van der Waals surface area contributed by atoms with Crippen molar-refractivity contribution >= 4 is 49.4 Å². The Kier molecular flexibility index (Phi) is 27.4. The molecular weight excluding hydrogens is 832 g/mol. The summed E-state index contributed by atoms with van der Waals surface area (Å²) in [5.74, 6) is 1.89. The van der Waals surface area contributed by atoms with Gasteiger partial charge in [0.25, 0.3) is 0 Å². The van der Waals surface area contributed by atoms with Gasteiger partial charge in [-0.05, 0) is 55.7 Å². The molecule has 0 bridgehead atoms. The van der Waals surface area contributed by atoms with Crippen LogP contribution in [0.2, 0.25) is 0 Å². The molecule has 0 saturated heterocycles. The highest BCUT2D eigenvalue weighted by molar-refractivity contribution is 9.10. The quantitative estimate of drug-likeness (QED) is 0.0324. The van der Waals surface area contributed by atoms with Gasteiger partial charge in [-0.15, -0.1) is 0 Å². The molecule has 4 atom stereocenters. The first-order valence-corrected chi connectivity index (χ1v) is 25.0. The Hall–Kier alpha value is -2.88. The second kappa shape index (κ2) is 31.9. The van der Waals surface area contributed by atoms with Crippen LogP contribution in [0.3, 0.4) is 0 Å². The number of hydrogen-bond donors (Lipinski definition) is 0. The van der Waals surface area contributed by atoms with Crippen LogP contribution in [0.1, 0.15) is 170 Å². The highest BCUT2D eigenvalue weighted by atomic mass is 79.9. The lowest BCUT2D eigenvalue weighted by Gasteiger charge is -2.24. The van der Waals surface area contributed by atoms with Gasteiger partial charge in [0, 0.05) is 52.1 Å². The Bertz CT molecular complexity index is 1640. The molecule has 0 radical (unpaired) electrons. The standard InChI is InChI=1S/C52H81BrO8/c1-7-13-17-19-21-29-49(54)60-43(36-56-34-40(11-5)25-15-9-3)38-58-51-45-27-23-24-28-46(45)52(48-33-42(53)31-32-47(48)51)59-39-44(37-57-35-41(12-6)26-16-10-4)61-50(55)30-22-20-18-14-8-2/h23-24,27-28,31-33,40-41,43-44H,7-22,25-26,29-30,34-39H2,1-6H3. The van der Waals surface area contributed by atoms with E-state index in [1.807, 2.05) is 42.5 Å². The molecule has 0 aromatic heterocycles. The van der Waals surface area contributed by atoms with Gasteiger partial charge in [-0.1, -0.05) is 172 Å². The third-order valence-electron chi connectivity index (χ3n) is 11.7. The van der Waals surface area contributed by atoms with E-state index in [-0.39, 0.29) is 38.4 Å². The lowest BCUT2D eigenvalue weighted by Crippen LogP contribution is -2.31. The number of carbonyl (C=O) groups is 2. The number of ether oxygens (including phenoxy) is 6. The predicted octanol–water partition coefficient (Wildman–Crippen LogP) is 14.5. The minimum absolute atomic E-state index is 0.143. The van der Waals surface area contributed by atoms with Crippen LogP contribution < -0.4 is 9.47 Å². The van der Waals surface area contributed by atoms with Crippen LogP contribution in [0, 0.1) is 11.8 Å². The fraction of sp³-hybridized carbons (Fsp3) is 0.692. The lowest BCUT2D eigenvalue weighted by molar-refractivity contribution is -0.155. The van der Waals surface area contributed by atoms with Gasteiger partial charge >= 0.3 is 11.9 Å². The van der Waals surface area contributed by atoms with Crippen molar-refractivity contribution in [3.8, 4) is 11.5 Å². The predicted molar refractivity (Wildman–Crippen MR) is 255 cm³/mol. The van der Waals surface area contributed by atoms with E-state index in [9.17, 15) is 9.59 Å². The van der Waals surface area contributed by atoms with Gasteiger partial charge in [0.05, 0.1) is 13.2 Å². The van der Waals surface area contributed by atoms with Gasteiger partial charge in [0.1, 0.15) is 24.7 Å². The number of benzene rings is 3. The molecule has 0 aliphatic carbocycles. The minimum Gasteiger partial charge on any atom is -0.488 e. The summed E-state index contributed by atoms with van der Waals surface area (Å²) in [7, 11) is 0. The molecule has 0 aliphatic rings. The number of rotatable bonds is 36. The van der Waals surface area contributed by atoms with Crippen molar-refractivity contribution in [1.29, 1.82) is 0 Å². The molecule has 61 heavy (non-hydrogen) atoms. The highest BCUT2D eigenvalue weighted by Crippen LogP contribution is 2.44. The topological polar surface area (TPSA) is 89.5 Å². The van der Waals surface area contributed by atoms with Crippen molar-refractivity contribution in [2.24, 2.45) is 11.8 Å². The van der Waals surface area contributed by atoms with E-state index in [0.717, 1.165) is 116 Å². The summed E-state index contributed by atoms with van der Waals surface area (Å²) in [5, 5.41) is 3.46. The molecule has 3 aromatic rings. The van der Waals surface area contributed by atoms with Crippen molar-refractivity contribution in [3.05, 3.63) is 46.9 Å². The summed E-state index contributed by atoms with van der Waals surface area (Å²) in [6.07, 6.45) is 19.3. The van der Waals surface area contributed by atoms with Crippen LogP contribution in [-0.4, -0.2) is 63.8 Å². The maximum atomic E-state index is 13.1. The first-order valence-electron chi connectivity index (χ1n) is 24.2. The molecule has 0 heterocycles. The van der Waals surface area contributed by atoms with Gasteiger partial charge in [-0.25, -0.2) is 0 Å².